The Morgan fingerprint density at radius 2 is 2.11 bits per heavy atom. The molecule has 102 valence electrons. The Bertz CT molecular complexity index is 587. The number of thioether (sulfide) groups is 1. The fourth-order valence-electron chi connectivity index (χ4n) is 1.77. The normalized spacial score (nSPS) is 12.6. The van der Waals surface area contributed by atoms with Crippen molar-refractivity contribution >= 4 is 11.8 Å². The lowest BCUT2D eigenvalue weighted by molar-refractivity contribution is 0.659. The first kappa shape index (κ1) is 13.9. The quantitative estimate of drug-likeness (QED) is 0.816. The molecular weight excluding hydrogens is 260 g/mol. The highest BCUT2D eigenvalue weighted by Gasteiger charge is 2.11. The van der Waals surface area contributed by atoms with Gasteiger partial charge in [-0.15, -0.1) is 5.10 Å². The van der Waals surface area contributed by atoms with Crippen molar-refractivity contribution in [1.82, 2.24) is 14.8 Å². The zero-order valence-corrected chi connectivity index (χ0v) is 11.9. The Hall–Kier alpha value is -1.53. The average molecular weight is 278 g/mol. The summed E-state index contributed by atoms with van der Waals surface area (Å²) in [4.78, 5) is 11.4. The lowest BCUT2D eigenvalue weighted by Crippen LogP contribution is -2.17. The van der Waals surface area contributed by atoms with Crippen LogP contribution < -0.4 is 11.4 Å². The Kier molecular flexibility index (Phi) is 4.44. The number of benzene rings is 1. The van der Waals surface area contributed by atoms with E-state index in [0.717, 1.165) is 5.56 Å². The number of nitrogens with one attached hydrogen (secondary N) is 1. The van der Waals surface area contributed by atoms with E-state index in [2.05, 4.69) is 22.3 Å². The van der Waals surface area contributed by atoms with Gasteiger partial charge < -0.3 is 5.73 Å². The standard InChI is InChI=1S/C13H18N4OS/c1-3-17-12(18)15-16-13(17)19-8-11(14)10-6-4-9(2)5-7-10/h4-7,11H,3,8,14H2,1-2H3,(H,15,18). The van der Waals surface area contributed by atoms with Crippen LogP contribution in [0.1, 0.15) is 24.1 Å². The summed E-state index contributed by atoms with van der Waals surface area (Å²) in [7, 11) is 0. The molecule has 1 atom stereocenters. The van der Waals surface area contributed by atoms with Crippen LogP contribution in [0.5, 0.6) is 0 Å². The van der Waals surface area contributed by atoms with E-state index in [9.17, 15) is 4.79 Å². The molecule has 0 fully saturated rings. The molecule has 0 aliphatic rings. The van der Waals surface area contributed by atoms with Crippen LogP contribution in [0.15, 0.2) is 34.2 Å². The monoisotopic (exact) mass is 278 g/mol. The molecule has 0 aliphatic carbocycles. The van der Waals surface area contributed by atoms with E-state index < -0.39 is 0 Å². The number of rotatable bonds is 5. The number of H-pyrrole nitrogens is 1. The first-order valence-electron chi connectivity index (χ1n) is 6.22. The summed E-state index contributed by atoms with van der Waals surface area (Å²) < 4.78 is 1.60. The smallest absolute Gasteiger partial charge is 0.323 e. The molecule has 19 heavy (non-hydrogen) atoms. The highest BCUT2D eigenvalue weighted by molar-refractivity contribution is 7.99. The van der Waals surface area contributed by atoms with Crippen molar-refractivity contribution in [2.24, 2.45) is 5.73 Å². The van der Waals surface area contributed by atoms with Gasteiger partial charge >= 0.3 is 5.69 Å². The number of hydrogen-bond donors (Lipinski definition) is 2. The summed E-state index contributed by atoms with van der Waals surface area (Å²) in [6.07, 6.45) is 0. The first-order valence-corrected chi connectivity index (χ1v) is 7.20. The Labute approximate surface area is 116 Å². The van der Waals surface area contributed by atoms with E-state index in [1.165, 1.54) is 17.3 Å². The molecule has 6 heteroatoms. The molecule has 1 heterocycles. The third-order valence-electron chi connectivity index (χ3n) is 2.94. The van der Waals surface area contributed by atoms with E-state index >= 15 is 0 Å². The largest absolute Gasteiger partial charge is 0.343 e. The van der Waals surface area contributed by atoms with Crippen molar-refractivity contribution in [3.8, 4) is 0 Å². The zero-order valence-electron chi connectivity index (χ0n) is 11.1. The molecule has 2 aromatic rings. The average Bonchev–Trinajstić information content (AvgIpc) is 2.77. The second-order valence-electron chi connectivity index (χ2n) is 4.38. The topological polar surface area (TPSA) is 76.7 Å². The van der Waals surface area contributed by atoms with Gasteiger partial charge in [0.15, 0.2) is 5.16 Å². The Morgan fingerprint density at radius 1 is 1.42 bits per heavy atom. The Balaban J connectivity index is 2.02. The van der Waals surface area contributed by atoms with Gasteiger partial charge in [0.1, 0.15) is 0 Å². The Morgan fingerprint density at radius 3 is 2.74 bits per heavy atom. The van der Waals surface area contributed by atoms with Gasteiger partial charge in [-0.2, -0.15) is 0 Å². The van der Waals surface area contributed by atoms with Gasteiger partial charge in [0, 0.05) is 18.3 Å². The zero-order chi connectivity index (χ0) is 13.8. The van der Waals surface area contributed by atoms with Gasteiger partial charge in [-0.1, -0.05) is 41.6 Å². The summed E-state index contributed by atoms with van der Waals surface area (Å²) in [5, 5.41) is 7.14. The van der Waals surface area contributed by atoms with Crippen molar-refractivity contribution in [3.63, 3.8) is 0 Å². The minimum absolute atomic E-state index is 0.0669. The van der Waals surface area contributed by atoms with Gasteiger partial charge in [0.2, 0.25) is 0 Å². The van der Waals surface area contributed by atoms with Crippen LogP contribution in [0.25, 0.3) is 0 Å². The molecule has 0 bridgehead atoms. The second-order valence-corrected chi connectivity index (χ2v) is 5.37. The van der Waals surface area contributed by atoms with Crippen LogP contribution in [0.3, 0.4) is 0 Å². The third kappa shape index (κ3) is 3.27. The molecule has 1 aromatic carbocycles. The van der Waals surface area contributed by atoms with E-state index in [-0.39, 0.29) is 11.7 Å². The van der Waals surface area contributed by atoms with Gasteiger partial charge in [-0.3, -0.25) is 4.57 Å². The maximum Gasteiger partial charge on any atom is 0.343 e. The molecule has 0 radical (unpaired) electrons. The number of aromatic amines is 1. The van der Waals surface area contributed by atoms with E-state index in [4.69, 9.17) is 5.73 Å². The second kappa shape index (κ2) is 6.08. The molecular formula is C13H18N4OS. The summed E-state index contributed by atoms with van der Waals surface area (Å²) >= 11 is 1.50. The lowest BCUT2D eigenvalue weighted by atomic mass is 10.1. The molecule has 0 spiro atoms. The SMILES string of the molecule is CCn1c(SCC(N)c2ccc(C)cc2)n[nH]c1=O. The van der Waals surface area contributed by atoms with Crippen LogP contribution in [0.4, 0.5) is 0 Å². The number of hydrogen-bond acceptors (Lipinski definition) is 4. The number of nitrogens with two attached hydrogens (primary N) is 1. The van der Waals surface area contributed by atoms with Crippen molar-refractivity contribution in [2.75, 3.05) is 5.75 Å². The first-order chi connectivity index (χ1) is 9.11. The summed E-state index contributed by atoms with van der Waals surface area (Å²) in [5.41, 5.74) is 8.29. The van der Waals surface area contributed by atoms with Gasteiger partial charge in [-0.05, 0) is 19.4 Å². The molecule has 1 aromatic heterocycles. The molecule has 0 saturated carbocycles. The summed E-state index contributed by atoms with van der Waals surface area (Å²) in [6.45, 7) is 4.58. The summed E-state index contributed by atoms with van der Waals surface area (Å²) in [6, 6.07) is 8.12. The molecule has 0 amide bonds. The van der Waals surface area contributed by atoms with E-state index in [1.807, 2.05) is 26.0 Å². The third-order valence-corrected chi connectivity index (χ3v) is 4.03. The fraction of sp³-hybridized carbons (Fsp3) is 0.385. The predicted molar refractivity (Wildman–Crippen MR) is 77.4 cm³/mol. The van der Waals surface area contributed by atoms with Crippen molar-refractivity contribution < 1.29 is 0 Å². The van der Waals surface area contributed by atoms with Gasteiger partial charge in [-0.25, -0.2) is 9.89 Å². The maximum atomic E-state index is 11.4. The minimum Gasteiger partial charge on any atom is -0.323 e. The predicted octanol–water partition coefficient (Wildman–Crippen LogP) is 1.69. The minimum atomic E-state index is -0.172. The van der Waals surface area contributed by atoms with Gasteiger partial charge in [0.25, 0.3) is 0 Å². The van der Waals surface area contributed by atoms with E-state index in [1.54, 1.807) is 4.57 Å². The number of aryl methyl sites for hydroxylation is 1. The molecule has 2 rings (SSSR count). The number of aromatic nitrogens is 3. The van der Waals surface area contributed by atoms with Crippen molar-refractivity contribution in [1.29, 1.82) is 0 Å². The van der Waals surface area contributed by atoms with E-state index in [0.29, 0.717) is 17.5 Å². The van der Waals surface area contributed by atoms with Crippen LogP contribution in [0, 0.1) is 6.92 Å². The van der Waals surface area contributed by atoms with Gasteiger partial charge in [0.05, 0.1) is 0 Å². The summed E-state index contributed by atoms with van der Waals surface area (Å²) in [5.74, 6) is 0.688. The fourth-order valence-corrected chi connectivity index (χ4v) is 2.77. The molecule has 0 aliphatic heterocycles. The molecule has 1 unspecified atom stereocenters. The van der Waals surface area contributed by atoms with Crippen LogP contribution in [-0.4, -0.2) is 20.5 Å². The van der Waals surface area contributed by atoms with Crippen LogP contribution in [0.2, 0.25) is 0 Å². The molecule has 3 N–H and O–H groups in total. The van der Waals surface area contributed by atoms with Crippen LogP contribution >= 0.6 is 11.8 Å². The van der Waals surface area contributed by atoms with Crippen LogP contribution in [-0.2, 0) is 6.54 Å². The lowest BCUT2D eigenvalue weighted by Gasteiger charge is -2.11. The highest BCUT2D eigenvalue weighted by atomic mass is 32.2. The van der Waals surface area contributed by atoms with Crippen molar-refractivity contribution in [2.45, 2.75) is 31.6 Å². The van der Waals surface area contributed by atoms with Crippen molar-refractivity contribution in [3.05, 3.63) is 45.9 Å². The molecule has 5 nitrogen and oxygen atoms in total. The highest BCUT2D eigenvalue weighted by Crippen LogP contribution is 2.21. The molecule has 0 saturated heterocycles. The maximum absolute atomic E-state index is 11.4. The number of nitrogens with zero attached hydrogens (tertiary/aromatic N) is 2.